The van der Waals surface area contributed by atoms with Gasteiger partial charge in [-0.15, -0.1) is 11.3 Å². The number of ether oxygens (including phenoxy) is 2. The molecular formula is C29H29FN6O4S. The van der Waals surface area contributed by atoms with Crippen molar-refractivity contribution in [3.05, 3.63) is 60.1 Å². The zero-order chi connectivity index (χ0) is 29.3. The van der Waals surface area contributed by atoms with Gasteiger partial charge in [0.1, 0.15) is 16.9 Å². The number of benzene rings is 2. The third-order valence-corrected chi connectivity index (χ3v) is 7.60. The van der Waals surface area contributed by atoms with Crippen LogP contribution in [0.3, 0.4) is 0 Å². The van der Waals surface area contributed by atoms with E-state index in [1.807, 2.05) is 26.0 Å². The van der Waals surface area contributed by atoms with Crippen LogP contribution in [0.4, 0.5) is 14.9 Å². The Hall–Kier alpha value is -4.45. The first-order chi connectivity index (χ1) is 19.6. The summed E-state index contributed by atoms with van der Waals surface area (Å²) >= 11 is 1.38. The van der Waals surface area contributed by atoms with Crippen molar-refractivity contribution in [3.63, 3.8) is 0 Å². The van der Waals surface area contributed by atoms with Gasteiger partial charge in [-0.1, -0.05) is 6.92 Å². The van der Waals surface area contributed by atoms with Gasteiger partial charge in [-0.25, -0.2) is 34.1 Å². The number of aryl methyl sites for hydroxylation is 2. The molecule has 2 aromatic carbocycles. The summed E-state index contributed by atoms with van der Waals surface area (Å²) in [5, 5.41) is 10.5. The Morgan fingerprint density at radius 3 is 2.51 bits per heavy atom. The van der Waals surface area contributed by atoms with E-state index in [2.05, 4.69) is 24.9 Å². The lowest BCUT2D eigenvalue weighted by atomic mass is 10.1. The fourth-order valence-corrected chi connectivity index (χ4v) is 5.35. The van der Waals surface area contributed by atoms with Crippen molar-refractivity contribution in [2.45, 2.75) is 53.2 Å². The first-order valence-electron chi connectivity index (χ1n) is 13.1. The molecule has 0 saturated heterocycles. The van der Waals surface area contributed by atoms with Gasteiger partial charge < -0.3 is 14.6 Å². The number of halogens is 1. The molecule has 0 spiro atoms. The van der Waals surface area contributed by atoms with Crippen molar-refractivity contribution < 1.29 is 23.8 Å². The highest BCUT2D eigenvalue weighted by Crippen LogP contribution is 2.37. The van der Waals surface area contributed by atoms with E-state index in [4.69, 9.17) is 9.47 Å². The summed E-state index contributed by atoms with van der Waals surface area (Å²) in [7, 11) is 0. The van der Waals surface area contributed by atoms with Crippen LogP contribution >= 0.6 is 11.3 Å². The van der Waals surface area contributed by atoms with Crippen LogP contribution < -0.4 is 14.4 Å². The number of hydrogen-bond acceptors (Lipinski definition) is 9. The molecule has 5 aromatic rings. The molecule has 41 heavy (non-hydrogen) atoms. The third-order valence-electron chi connectivity index (χ3n) is 6.55. The van der Waals surface area contributed by atoms with Crippen molar-refractivity contribution in [3.8, 4) is 22.2 Å². The van der Waals surface area contributed by atoms with Gasteiger partial charge in [0.25, 0.3) is 0 Å². The van der Waals surface area contributed by atoms with Crippen LogP contribution in [0.5, 0.6) is 11.6 Å². The molecule has 10 nitrogen and oxygen atoms in total. The standard InChI is InChI=1S/C29H29FN6O4S/c1-6-7-39-26-14-33-27-20(8-15(2)9-23(27)34-26)28-35-22-10-21(30)24(11-25(22)41-28)40-17(4)16(3)36(29(37)38)19-12-31-18(5)32-13-19/h8-14,16-17H,6-7H2,1-5H3,(H,37,38)/t16-,17+/m1/s1. The molecular weight excluding hydrogens is 547 g/mol. The lowest BCUT2D eigenvalue weighted by molar-refractivity contribution is 0.167. The Morgan fingerprint density at radius 1 is 1.05 bits per heavy atom. The Morgan fingerprint density at radius 2 is 1.80 bits per heavy atom. The average molecular weight is 577 g/mol. The monoisotopic (exact) mass is 576 g/mol. The minimum Gasteiger partial charge on any atom is -0.485 e. The number of fused-ring (bicyclic) bond motifs is 2. The highest BCUT2D eigenvalue weighted by atomic mass is 32.1. The molecule has 3 heterocycles. The molecule has 3 aromatic heterocycles. The summed E-state index contributed by atoms with van der Waals surface area (Å²) < 4.78 is 27.5. The van der Waals surface area contributed by atoms with Crippen molar-refractivity contribution in [2.75, 3.05) is 11.5 Å². The van der Waals surface area contributed by atoms with E-state index < -0.39 is 24.1 Å². The van der Waals surface area contributed by atoms with E-state index in [0.29, 0.717) is 50.3 Å². The topological polar surface area (TPSA) is 123 Å². The molecule has 0 saturated carbocycles. The van der Waals surface area contributed by atoms with Gasteiger partial charge in [-0.2, -0.15) is 0 Å². The lowest BCUT2D eigenvalue weighted by Crippen LogP contribution is -2.46. The van der Waals surface area contributed by atoms with Crippen molar-refractivity contribution >= 4 is 44.4 Å². The number of carboxylic acid groups (broad SMARTS) is 1. The first kappa shape index (κ1) is 28.1. The molecule has 1 N–H and O–H groups in total. The molecule has 0 aliphatic heterocycles. The predicted molar refractivity (Wildman–Crippen MR) is 155 cm³/mol. The highest BCUT2D eigenvalue weighted by Gasteiger charge is 2.29. The van der Waals surface area contributed by atoms with E-state index in [-0.39, 0.29) is 5.75 Å². The van der Waals surface area contributed by atoms with Crippen LogP contribution in [0, 0.1) is 19.7 Å². The SMILES string of the molecule is CCCOc1cnc2c(-c3nc4cc(F)c(O[C@@H](C)[C@@H](C)N(C(=O)O)c5cnc(C)nc5)cc4s3)cc(C)cc2n1. The van der Waals surface area contributed by atoms with Crippen molar-refractivity contribution in [2.24, 2.45) is 0 Å². The molecule has 0 aliphatic carbocycles. The van der Waals surface area contributed by atoms with E-state index >= 15 is 4.39 Å². The summed E-state index contributed by atoms with van der Waals surface area (Å²) in [4.78, 5) is 35.2. The van der Waals surface area contributed by atoms with Gasteiger partial charge in [0, 0.05) is 17.7 Å². The normalized spacial score (nSPS) is 12.8. The molecule has 12 heteroatoms. The molecule has 212 valence electrons. The van der Waals surface area contributed by atoms with E-state index in [9.17, 15) is 9.90 Å². The largest absolute Gasteiger partial charge is 0.485 e. The molecule has 0 unspecified atom stereocenters. The van der Waals surface area contributed by atoms with E-state index in [1.165, 1.54) is 29.8 Å². The molecule has 0 radical (unpaired) electrons. The van der Waals surface area contributed by atoms with E-state index in [0.717, 1.165) is 22.4 Å². The molecule has 5 rings (SSSR count). The van der Waals surface area contributed by atoms with Gasteiger partial charge in [-0.05, 0) is 51.8 Å². The van der Waals surface area contributed by atoms with Gasteiger partial charge in [0.15, 0.2) is 11.6 Å². The van der Waals surface area contributed by atoms with Crippen molar-refractivity contribution in [1.82, 2.24) is 24.9 Å². The maximum absolute atomic E-state index is 15.2. The zero-order valence-electron chi connectivity index (χ0n) is 23.3. The Kier molecular flexibility index (Phi) is 7.93. The van der Waals surface area contributed by atoms with Crippen LogP contribution in [0.15, 0.2) is 42.9 Å². The summed E-state index contributed by atoms with van der Waals surface area (Å²) in [6, 6.07) is 6.17. The Labute approximate surface area is 239 Å². The Balaban J connectivity index is 1.44. The lowest BCUT2D eigenvalue weighted by Gasteiger charge is -2.30. The van der Waals surface area contributed by atoms with Gasteiger partial charge in [-0.3, -0.25) is 4.90 Å². The average Bonchev–Trinajstić information content (AvgIpc) is 3.34. The van der Waals surface area contributed by atoms with Gasteiger partial charge in [0.05, 0.1) is 58.2 Å². The minimum atomic E-state index is -1.19. The second-order valence-corrected chi connectivity index (χ2v) is 10.7. The number of anilines is 1. The van der Waals surface area contributed by atoms with Crippen LogP contribution in [-0.4, -0.2) is 54.9 Å². The molecule has 0 bridgehead atoms. The Bertz CT molecular complexity index is 1730. The molecule has 2 atom stereocenters. The fourth-order valence-electron chi connectivity index (χ4n) is 4.36. The van der Waals surface area contributed by atoms with E-state index in [1.54, 1.807) is 33.0 Å². The second kappa shape index (κ2) is 11.6. The summed E-state index contributed by atoms with van der Waals surface area (Å²) in [6.45, 7) is 9.63. The van der Waals surface area contributed by atoms with Gasteiger partial charge in [0.2, 0.25) is 5.88 Å². The predicted octanol–water partition coefficient (Wildman–Crippen LogP) is 6.58. The van der Waals surface area contributed by atoms with Crippen LogP contribution in [0.25, 0.3) is 31.8 Å². The fraction of sp³-hybridized carbons (Fsp3) is 0.310. The third kappa shape index (κ3) is 5.87. The minimum absolute atomic E-state index is 0.00384. The highest BCUT2D eigenvalue weighted by molar-refractivity contribution is 7.21. The van der Waals surface area contributed by atoms with Gasteiger partial charge >= 0.3 is 6.09 Å². The van der Waals surface area contributed by atoms with Crippen LogP contribution in [0.1, 0.15) is 38.6 Å². The van der Waals surface area contributed by atoms with Crippen LogP contribution in [0.2, 0.25) is 0 Å². The molecule has 0 aliphatic rings. The second-order valence-electron chi connectivity index (χ2n) is 9.71. The quantitative estimate of drug-likeness (QED) is 0.207. The smallest absolute Gasteiger partial charge is 0.412 e. The number of thiazole rings is 1. The maximum Gasteiger partial charge on any atom is 0.412 e. The summed E-state index contributed by atoms with van der Waals surface area (Å²) in [5.41, 5.74) is 3.91. The maximum atomic E-state index is 15.2. The number of carbonyl (C=O) groups is 1. The summed E-state index contributed by atoms with van der Waals surface area (Å²) in [5.74, 6) is 0.389. The molecule has 0 fully saturated rings. The summed E-state index contributed by atoms with van der Waals surface area (Å²) in [6.07, 6.45) is 3.44. The number of aromatic nitrogens is 5. The number of rotatable bonds is 9. The molecule has 1 amide bonds. The first-order valence-corrected chi connectivity index (χ1v) is 13.9. The zero-order valence-corrected chi connectivity index (χ0v) is 24.1. The number of hydrogen-bond donors (Lipinski definition) is 1. The number of amides is 1. The van der Waals surface area contributed by atoms with Crippen LogP contribution in [-0.2, 0) is 0 Å². The van der Waals surface area contributed by atoms with Crippen molar-refractivity contribution in [1.29, 1.82) is 0 Å². The number of nitrogens with zero attached hydrogens (tertiary/aromatic N) is 6.